The maximum atomic E-state index is 11.8. The summed E-state index contributed by atoms with van der Waals surface area (Å²) in [6.45, 7) is 5.35. The van der Waals surface area contributed by atoms with Crippen molar-refractivity contribution in [1.82, 2.24) is 4.98 Å². The molecule has 2 aromatic rings. The molecule has 0 aliphatic rings. The van der Waals surface area contributed by atoms with Crippen molar-refractivity contribution >= 4 is 29.3 Å². The van der Waals surface area contributed by atoms with Gasteiger partial charge in [0.25, 0.3) is 0 Å². The first-order chi connectivity index (χ1) is 11.8. The van der Waals surface area contributed by atoms with Crippen LogP contribution in [0.5, 0.6) is 0 Å². The smallest absolute Gasteiger partial charge is 0.413 e. The fourth-order valence-corrected chi connectivity index (χ4v) is 1.99. The molecule has 2 rings (SSSR count). The maximum Gasteiger partial charge on any atom is 0.413 e. The molecule has 0 unspecified atom stereocenters. The summed E-state index contributed by atoms with van der Waals surface area (Å²) in [6.07, 6.45) is 0.970. The average Bonchev–Trinajstić information content (AvgIpc) is 2.54. The summed E-state index contributed by atoms with van der Waals surface area (Å²) in [5.74, 6) is -0.0691. The maximum absolute atomic E-state index is 11.8. The second-order valence-corrected chi connectivity index (χ2v) is 6.22. The highest BCUT2D eigenvalue weighted by atomic mass is 16.6. The molecule has 7 heteroatoms. The van der Waals surface area contributed by atoms with Gasteiger partial charge in [0.05, 0.1) is 30.2 Å². The molecule has 0 aliphatic carbocycles. The number of methoxy groups -OCH3 is 1. The lowest BCUT2D eigenvalue weighted by atomic mass is 10.1. The number of anilines is 3. The van der Waals surface area contributed by atoms with E-state index in [0.29, 0.717) is 22.8 Å². The van der Waals surface area contributed by atoms with Gasteiger partial charge in [0.15, 0.2) is 0 Å². The molecule has 0 atom stereocenters. The van der Waals surface area contributed by atoms with Crippen molar-refractivity contribution in [1.29, 1.82) is 0 Å². The Morgan fingerprint density at radius 1 is 1.08 bits per heavy atom. The van der Waals surface area contributed by atoms with E-state index in [1.54, 1.807) is 63.4 Å². The van der Waals surface area contributed by atoms with Crippen LogP contribution in [0.25, 0.3) is 0 Å². The molecule has 1 aromatic carbocycles. The molecular formula is C18H21N3O4. The first kappa shape index (κ1) is 18.3. The molecule has 0 radical (unpaired) electrons. The van der Waals surface area contributed by atoms with E-state index in [0.717, 1.165) is 0 Å². The largest absolute Gasteiger partial charge is 0.465 e. The summed E-state index contributed by atoms with van der Waals surface area (Å²) < 4.78 is 9.93. The zero-order valence-electron chi connectivity index (χ0n) is 14.6. The summed E-state index contributed by atoms with van der Waals surface area (Å²) in [7, 11) is 1.33. The van der Waals surface area contributed by atoms with Gasteiger partial charge in [-0.15, -0.1) is 0 Å². The number of nitrogens with one attached hydrogen (secondary N) is 2. The Morgan fingerprint density at radius 3 is 2.40 bits per heavy atom. The van der Waals surface area contributed by atoms with Gasteiger partial charge in [-0.25, -0.2) is 14.6 Å². The first-order valence-corrected chi connectivity index (χ1v) is 7.69. The van der Waals surface area contributed by atoms with Gasteiger partial charge in [-0.2, -0.15) is 0 Å². The molecule has 1 aromatic heterocycles. The number of pyridine rings is 1. The van der Waals surface area contributed by atoms with Crippen LogP contribution in [0.2, 0.25) is 0 Å². The third-order valence-corrected chi connectivity index (χ3v) is 3.00. The van der Waals surface area contributed by atoms with Crippen LogP contribution in [0.4, 0.5) is 22.0 Å². The second kappa shape index (κ2) is 7.65. The van der Waals surface area contributed by atoms with Crippen molar-refractivity contribution < 1.29 is 19.1 Å². The fourth-order valence-electron chi connectivity index (χ4n) is 1.99. The Balaban J connectivity index is 2.06. The highest BCUT2D eigenvalue weighted by molar-refractivity contribution is 5.96. The molecule has 2 N–H and O–H groups in total. The second-order valence-electron chi connectivity index (χ2n) is 6.22. The molecule has 0 fully saturated rings. The SMILES string of the molecule is COC(=O)c1ccccc1Nc1ccc(NC(=O)OC(C)(C)C)nc1. The predicted octanol–water partition coefficient (Wildman–Crippen LogP) is 3.96. The van der Waals surface area contributed by atoms with Crippen LogP contribution in [-0.2, 0) is 9.47 Å². The van der Waals surface area contributed by atoms with Crippen LogP contribution >= 0.6 is 0 Å². The number of benzene rings is 1. The summed E-state index contributed by atoms with van der Waals surface area (Å²) in [4.78, 5) is 27.6. The minimum atomic E-state index is -0.580. The van der Waals surface area contributed by atoms with Crippen LogP contribution in [0.1, 0.15) is 31.1 Å². The molecule has 0 spiro atoms. The van der Waals surface area contributed by atoms with Gasteiger partial charge in [-0.05, 0) is 45.0 Å². The zero-order chi connectivity index (χ0) is 18.4. The molecule has 25 heavy (non-hydrogen) atoms. The summed E-state index contributed by atoms with van der Waals surface area (Å²) in [6, 6.07) is 10.4. The Bertz CT molecular complexity index is 752. The van der Waals surface area contributed by atoms with E-state index < -0.39 is 17.7 Å². The van der Waals surface area contributed by atoms with Gasteiger partial charge in [-0.1, -0.05) is 12.1 Å². The Labute approximate surface area is 146 Å². The third-order valence-electron chi connectivity index (χ3n) is 3.00. The van der Waals surface area contributed by atoms with Crippen molar-refractivity contribution in [2.75, 3.05) is 17.7 Å². The fraction of sp³-hybridized carbons (Fsp3) is 0.278. The number of ether oxygens (including phenoxy) is 2. The molecule has 0 saturated heterocycles. The lowest BCUT2D eigenvalue weighted by Crippen LogP contribution is -2.27. The lowest BCUT2D eigenvalue weighted by Gasteiger charge is -2.19. The molecule has 0 bridgehead atoms. The van der Waals surface area contributed by atoms with E-state index in [-0.39, 0.29) is 0 Å². The van der Waals surface area contributed by atoms with Gasteiger partial charge in [0.1, 0.15) is 11.4 Å². The third kappa shape index (κ3) is 5.49. The zero-order valence-corrected chi connectivity index (χ0v) is 14.6. The monoisotopic (exact) mass is 343 g/mol. The van der Waals surface area contributed by atoms with Gasteiger partial charge in [-0.3, -0.25) is 5.32 Å². The number of hydrogen-bond acceptors (Lipinski definition) is 6. The van der Waals surface area contributed by atoms with Crippen molar-refractivity contribution in [3.8, 4) is 0 Å². The molecule has 7 nitrogen and oxygen atoms in total. The van der Waals surface area contributed by atoms with E-state index >= 15 is 0 Å². The molecule has 1 amide bonds. The standard InChI is InChI=1S/C18H21N3O4/c1-18(2,3)25-17(23)21-15-10-9-12(11-19-15)20-14-8-6-5-7-13(14)16(22)24-4/h5-11,20H,1-4H3,(H,19,21,23). The van der Waals surface area contributed by atoms with Crippen molar-refractivity contribution in [3.05, 3.63) is 48.2 Å². The van der Waals surface area contributed by atoms with E-state index in [2.05, 4.69) is 15.6 Å². The van der Waals surface area contributed by atoms with Crippen LogP contribution in [-0.4, -0.2) is 29.8 Å². The number of esters is 1. The molecule has 132 valence electrons. The van der Waals surface area contributed by atoms with Crippen molar-refractivity contribution in [2.24, 2.45) is 0 Å². The number of carbonyl (C=O) groups excluding carboxylic acids is 2. The molecule has 0 saturated carbocycles. The van der Waals surface area contributed by atoms with Gasteiger partial charge < -0.3 is 14.8 Å². The highest BCUT2D eigenvalue weighted by Crippen LogP contribution is 2.22. The van der Waals surface area contributed by atoms with Crippen LogP contribution in [0, 0.1) is 0 Å². The number of rotatable bonds is 4. The molecule has 0 aliphatic heterocycles. The molecular weight excluding hydrogens is 322 g/mol. The Hall–Kier alpha value is -3.09. The highest BCUT2D eigenvalue weighted by Gasteiger charge is 2.16. The first-order valence-electron chi connectivity index (χ1n) is 7.69. The molecule has 1 heterocycles. The topological polar surface area (TPSA) is 89.6 Å². The van der Waals surface area contributed by atoms with Crippen LogP contribution < -0.4 is 10.6 Å². The Morgan fingerprint density at radius 2 is 1.80 bits per heavy atom. The number of amides is 1. The minimum Gasteiger partial charge on any atom is -0.465 e. The van der Waals surface area contributed by atoms with Gasteiger partial charge in [0.2, 0.25) is 0 Å². The number of carbonyl (C=O) groups is 2. The number of aromatic nitrogens is 1. The van der Waals surface area contributed by atoms with Gasteiger partial charge in [0, 0.05) is 0 Å². The number of nitrogens with zero attached hydrogens (tertiary/aromatic N) is 1. The predicted molar refractivity (Wildman–Crippen MR) is 95.2 cm³/mol. The van der Waals surface area contributed by atoms with Crippen LogP contribution in [0.3, 0.4) is 0 Å². The quantitative estimate of drug-likeness (QED) is 0.817. The lowest BCUT2D eigenvalue weighted by molar-refractivity contribution is 0.0599. The van der Waals surface area contributed by atoms with E-state index in [1.807, 2.05) is 0 Å². The summed E-state index contributed by atoms with van der Waals surface area (Å²) in [5.41, 5.74) is 1.10. The Kier molecular flexibility index (Phi) is 5.59. The van der Waals surface area contributed by atoms with E-state index in [1.165, 1.54) is 7.11 Å². The number of hydrogen-bond donors (Lipinski definition) is 2. The average molecular weight is 343 g/mol. The van der Waals surface area contributed by atoms with E-state index in [9.17, 15) is 9.59 Å². The van der Waals surface area contributed by atoms with Crippen LogP contribution in [0.15, 0.2) is 42.6 Å². The summed E-state index contributed by atoms with van der Waals surface area (Å²) >= 11 is 0. The number of para-hydroxylation sites is 1. The van der Waals surface area contributed by atoms with Crippen molar-refractivity contribution in [2.45, 2.75) is 26.4 Å². The summed E-state index contributed by atoms with van der Waals surface area (Å²) in [5, 5.41) is 5.65. The minimum absolute atomic E-state index is 0.362. The van der Waals surface area contributed by atoms with E-state index in [4.69, 9.17) is 9.47 Å². The van der Waals surface area contributed by atoms with Crippen molar-refractivity contribution in [3.63, 3.8) is 0 Å². The normalized spacial score (nSPS) is 10.7. The van der Waals surface area contributed by atoms with Gasteiger partial charge >= 0.3 is 12.1 Å².